The van der Waals surface area contributed by atoms with Gasteiger partial charge in [-0.25, -0.2) is 0 Å². The zero-order valence-corrected chi connectivity index (χ0v) is 11.3. The van der Waals surface area contributed by atoms with Crippen LogP contribution in [-0.4, -0.2) is 35.7 Å². The maximum absolute atomic E-state index is 12.1. The Morgan fingerprint density at radius 1 is 1.37 bits per heavy atom. The van der Waals surface area contributed by atoms with Crippen molar-refractivity contribution in [2.24, 2.45) is 0 Å². The van der Waals surface area contributed by atoms with Crippen molar-refractivity contribution < 1.29 is 14.4 Å². The summed E-state index contributed by atoms with van der Waals surface area (Å²) >= 11 is 4.20. The molecule has 1 aromatic rings. The Morgan fingerprint density at radius 3 is 2.74 bits per heavy atom. The van der Waals surface area contributed by atoms with Gasteiger partial charge in [0, 0.05) is 18.4 Å². The first-order valence-electron chi connectivity index (χ1n) is 5.90. The van der Waals surface area contributed by atoms with E-state index in [1.165, 1.54) is 7.05 Å². The van der Waals surface area contributed by atoms with Crippen molar-refractivity contribution >= 4 is 30.4 Å². The second-order valence-corrected chi connectivity index (χ2v) is 4.85. The predicted octanol–water partition coefficient (Wildman–Crippen LogP) is 0.852. The molecule has 3 amide bonds. The van der Waals surface area contributed by atoms with E-state index in [1.54, 1.807) is 24.3 Å². The molecule has 0 aliphatic carbocycles. The van der Waals surface area contributed by atoms with Crippen LogP contribution in [0, 0.1) is 0 Å². The summed E-state index contributed by atoms with van der Waals surface area (Å²) in [6, 6.07) is 6.20. The molecule has 1 aliphatic heterocycles. The van der Waals surface area contributed by atoms with Gasteiger partial charge in [0.25, 0.3) is 11.8 Å². The Kier molecular flexibility index (Phi) is 3.90. The quantitative estimate of drug-likeness (QED) is 0.622. The third-order valence-corrected chi connectivity index (χ3v) is 3.49. The number of hydrogen-bond donors (Lipinski definition) is 2. The van der Waals surface area contributed by atoms with Crippen molar-refractivity contribution in [2.45, 2.75) is 23.8 Å². The summed E-state index contributed by atoms with van der Waals surface area (Å²) in [6.45, 7) is 0. The highest BCUT2D eigenvalue weighted by Gasteiger charge is 2.32. The molecular weight excluding hydrogens is 264 g/mol. The zero-order valence-electron chi connectivity index (χ0n) is 10.4. The fourth-order valence-electron chi connectivity index (χ4n) is 1.95. The number of piperidine rings is 1. The molecule has 0 saturated carbocycles. The summed E-state index contributed by atoms with van der Waals surface area (Å²) in [5.41, 5.74) is 0.415. The predicted molar refractivity (Wildman–Crippen MR) is 72.0 cm³/mol. The SMILES string of the molecule is CN1C(=O)CCC(NC(=O)c2ccccc2S)C1=O. The van der Waals surface area contributed by atoms with Crippen LogP contribution < -0.4 is 5.32 Å². The molecule has 1 heterocycles. The van der Waals surface area contributed by atoms with Crippen LogP contribution in [0.15, 0.2) is 29.2 Å². The summed E-state index contributed by atoms with van der Waals surface area (Å²) in [6.07, 6.45) is 0.595. The van der Waals surface area contributed by atoms with Gasteiger partial charge in [0.05, 0.1) is 5.56 Å². The minimum atomic E-state index is -0.650. The fraction of sp³-hybridized carbons (Fsp3) is 0.308. The Balaban J connectivity index is 2.10. The second kappa shape index (κ2) is 5.44. The molecule has 1 N–H and O–H groups in total. The van der Waals surface area contributed by atoms with Crippen molar-refractivity contribution in [3.05, 3.63) is 29.8 Å². The molecule has 0 bridgehead atoms. The molecule has 19 heavy (non-hydrogen) atoms. The molecule has 1 aliphatic rings. The van der Waals surface area contributed by atoms with E-state index in [4.69, 9.17) is 0 Å². The minimum Gasteiger partial charge on any atom is -0.340 e. The van der Waals surface area contributed by atoms with Crippen molar-refractivity contribution in [3.8, 4) is 0 Å². The first-order valence-corrected chi connectivity index (χ1v) is 6.34. The van der Waals surface area contributed by atoms with Crippen molar-refractivity contribution in [1.29, 1.82) is 0 Å². The van der Waals surface area contributed by atoms with Crippen molar-refractivity contribution in [3.63, 3.8) is 0 Å². The zero-order chi connectivity index (χ0) is 14.0. The average molecular weight is 278 g/mol. The lowest BCUT2D eigenvalue weighted by atomic mass is 10.0. The van der Waals surface area contributed by atoms with E-state index >= 15 is 0 Å². The number of likely N-dealkylation sites (tertiary alicyclic amines) is 1. The molecule has 5 nitrogen and oxygen atoms in total. The van der Waals surface area contributed by atoms with Gasteiger partial charge in [-0.15, -0.1) is 12.6 Å². The van der Waals surface area contributed by atoms with Crippen molar-refractivity contribution in [2.75, 3.05) is 7.05 Å². The Morgan fingerprint density at radius 2 is 2.05 bits per heavy atom. The normalized spacial score (nSPS) is 19.5. The van der Waals surface area contributed by atoms with Gasteiger partial charge in [-0.05, 0) is 18.6 Å². The van der Waals surface area contributed by atoms with Crippen molar-refractivity contribution in [1.82, 2.24) is 10.2 Å². The number of rotatable bonds is 2. The van der Waals surface area contributed by atoms with E-state index in [1.807, 2.05) is 0 Å². The monoisotopic (exact) mass is 278 g/mol. The minimum absolute atomic E-state index is 0.218. The molecule has 1 atom stereocenters. The number of thiol groups is 1. The molecule has 1 saturated heterocycles. The number of nitrogens with one attached hydrogen (secondary N) is 1. The lowest BCUT2D eigenvalue weighted by molar-refractivity contribution is -0.147. The molecule has 0 radical (unpaired) electrons. The molecule has 1 fully saturated rings. The molecule has 0 aromatic heterocycles. The van der Waals surface area contributed by atoms with Crippen LogP contribution in [0.25, 0.3) is 0 Å². The third-order valence-electron chi connectivity index (χ3n) is 3.10. The number of amides is 3. The number of carbonyl (C=O) groups excluding carboxylic acids is 3. The summed E-state index contributed by atoms with van der Waals surface area (Å²) in [4.78, 5) is 36.9. The molecule has 6 heteroatoms. The van der Waals surface area contributed by atoms with Crippen LogP contribution in [0.2, 0.25) is 0 Å². The van der Waals surface area contributed by atoms with Gasteiger partial charge in [-0.2, -0.15) is 0 Å². The first kappa shape index (κ1) is 13.6. The topological polar surface area (TPSA) is 66.5 Å². The highest BCUT2D eigenvalue weighted by molar-refractivity contribution is 7.80. The number of nitrogens with zero attached hydrogens (tertiary/aromatic N) is 1. The van der Waals surface area contributed by atoms with E-state index in [2.05, 4.69) is 17.9 Å². The van der Waals surface area contributed by atoms with Gasteiger partial charge in [0.1, 0.15) is 6.04 Å². The number of carbonyl (C=O) groups is 3. The molecule has 100 valence electrons. The number of imide groups is 1. The summed E-state index contributed by atoms with van der Waals surface area (Å²) in [5, 5.41) is 2.65. The van der Waals surface area contributed by atoms with Gasteiger partial charge in [-0.1, -0.05) is 12.1 Å². The van der Waals surface area contributed by atoms with Gasteiger partial charge < -0.3 is 5.32 Å². The Bertz CT molecular complexity index is 544. The van der Waals surface area contributed by atoms with Crippen LogP contribution in [0.4, 0.5) is 0 Å². The number of hydrogen-bond acceptors (Lipinski definition) is 4. The molecule has 1 aromatic carbocycles. The number of likely N-dealkylation sites (N-methyl/N-ethyl adjacent to an activating group) is 1. The van der Waals surface area contributed by atoms with E-state index < -0.39 is 6.04 Å². The smallest absolute Gasteiger partial charge is 0.253 e. The van der Waals surface area contributed by atoms with Crippen LogP contribution in [0.1, 0.15) is 23.2 Å². The van der Waals surface area contributed by atoms with Gasteiger partial charge in [0.2, 0.25) is 5.91 Å². The van der Waals surface area contributed by atoms with E-state index in [9.17, 15) is 14.4 Å². The maximum atomic E-state index is 12.1. The summed E-state index contributed by atoms with van der Waals surface area (Å²) in [5.74, 6) is -0.946. The largest absolute Gasteiger partial charge is 0.340 e. The second-order valence-electron chi connectivity index (χ2n) is 4.37. The Labute approximate surface area is 116 Å². The Hall–Kier alpha value is -1.82. The van der Waals surface area contributed by atoms with Gasteiger partial charge in [0.15, 0.2) is 0 Å². The van der Waals surface area contributed by atoms with E-state index in [0.717, 1.165) is 4.90 Å². The highest BCUT2D eigenvalue weighted by Crippen LogP contribution is 2.15. The van der Waals surface area contributed by atoms with E-state index in [-0.39, 0.29) is 24.1 Å². The molecular formula is C13H14N2O3S. The molecule has 1 unspecified atom stereocenters. The van der Waals surface area contributed by atoms with Crippen LogP contribution in [0.3, 0.4) is 0 Å². The van der Waals surface area contributed by atoms with Crippen LogP contribution in [-0.2, 0) is 9.59 Å². The van der Waals surface area contributed by atoms with Gasteiger partial charge >= 0.3 is 0 Å². The summed E-state index contributed by atoms with van der Waals surface area (Å²) in [7, 11) is 1.43. The highest BCUT2D eigenvalue weighted by atomic mass is 32.1. The standard InChI is InChI=1S/C13H14N2O3S/c1-15-11(16)7-6-9(13(15)18)14-12(17)8-4-2-3-5-10(8)19/h2-5,9,19H,6-7H2,1H3,(H,14,17). The molecule has 2 rings (SSSR count). The fourth-order valence-corrected chi connectivity index (χ4v) is 2.21. The van der Waals surface area contributed by atoms with Crippen LogP contribution in [0.5, 0.6) is 0 Å². The molecule has 0 spiro atoms. The van der Waals surface area contributed by atoms with Crippen LogP contribution >= 0.6 is 12.6 Å². The summed E-state index contributed by atoms with van der Waals surface area (Å²) < 4.78 is 0. The van der Waals surface area contributed by atoms with Gasteiger partial charge in [-0.3, -0.25) is 19.3 Å². The lowest BCUT2D eigenvalue weighted by Crippen LogP contribution is -2.52. The maximum Gasteiger partial charge on any atom is 0.253 e. The average Bonchev–Trinajstić information content (AvgIpc) is 2.40. The first-order chi connectivity index (χ1) is 9.00. The number of benzene rings is 1. The third kappa shape index (κ3) is 2.78. The van der Waals surface area contributed by atoms with E-state index in [0.29, 0.717) is 16.9 Å². The lowest BCUT2D eigenvalue weighted by Gasteiger charge is -2.28.